The fourth-order valence-corrected chi connectivity index (χ4v) is 1.51. The molecule has 0 saturated heterocycles. The van der Waals surface area contributed by atoms with Gasteiger partial charge in [0.15, 0.2) is 0 Å². The Kier molecular flexibility index (Phi) is 4.31. The number of likely N-dealkylation sites (N-methyl/N-ethyl adjacent to an activating group) is 1. The van der Waals surface area contributed by atoms with Crippen LogP contribution in [0.15, 0.2) is 24.3 Å². The van der Waals surface area contributed by atoms with Crippen molar-refractivity contribution in [1.82, 2.24) is 0 Å². The van der Waals surface area contributed by atoms with E-state index in [4.69, 9.17) is 5.73 Å². The number of nitrogens with two attached hydrogens (primary N) is 1. The van der Waals surface area contributed by atoms with Crippen molar-refractivity contribution < 1.29 is 9.90 Å². The lowest BCUT2D eigenvalue weighted by atomic mass is 10.1. The van der Waals surface area contributed by atoms with Crippen LogP contribution in [0.1, 0.15) is 25.0 Å². The van der Waals surface area contributed by atoms with E-state index in [0.29, 0.717) is 6.42 Å². The number of aliphatic hydroxyl groups excluding tert-OH is 1. The lowest BCUT2D eigenvalue weighted by Gasteiger charge is -2.18. The number of primary amides is 1. The predicted molar refractivity (Wildman–Crippen MR) is 64.2 cm³/mol. The first kappa shape index (κ1) is 12.5. The molecule has 0 aliphatic rings. The van der Waals surface area contributed by atoms with E-state index < -0.39 is 6.10 Å². The largest absolute Gasteiger partial charge is 0.388 e. The van der Waals surface area contributed by atoms with Crippen molar-refractivity contribution in [2.75, 3.05) is 18.5 Å². The van der Waals surface area contributed by atoms with Crippen molar-refractivity contribution in [3.63, 3.8) is 0 Å². The molecule has 0 bridgehead atoms. The minimum absolute atomic E-state index is 0.190. The van der Waals surface area contributed by atoms with E-state index in [0.717, 1.165) is 11.3 Å². The molecular formula is C12H18N2O2. The summed E-state index contributed by atoms with van der Waals surface area (Å²) in [5.41, 5.74) is 6.91. The van der Waals surface area contributed by atoms with Crippen LogP contribution in [-0.4, -0.2) is 24.6 Å². The molecule has 0 saturated carbocycles. The maximum Gasteiger partial charge on any atom is 0.236 e. The third kappa shape index (κ3) is 3.24. The molecule has 1 aromatic carbocycles. The van der Waals surface area contributed by atoms with Crippen LogP contribution in [0, 0.1) is 0 Å². The van der Waals surface area contributed by atoms with Crippen LogP contribution in [0.2, 0.25) is 0 Å². The van der Waals surface area contributed by atoms with Crippen LogP contribution in [0.3, 0.4) is 0 Å². The summed E-state index contributed by atoms with van der Waals surface area (Å²) >= 11 is 0. The van der Waals surface area contributed by atoms with E-state index in [1.54, 1.807) is 11.9 Å². The zero-order valence-electron chi connectivity index (χ0n) is 9.68. The number of hydrogen-bond donors (Lipinski definition) is 2. The van der Waals surface area contributed by atoms with Gasteiger partial charge in [0.2, 0.25) is 5.91 Å². The minimum atomic E-state index is -0.421. The molecule has 1 amide bonds. The zero-order valence-corrected chi connectivity index (χ0v) is 9.68. The van der Waals surface area contributed by atoms with E-state index in [1.165, 1.54) is 0 Å². The molecule has 1 rings (SSSR count). The number of rotatable bonds is 5. The van der Waals surface area contributed by atoms with Gasteiger partial charge < -0.3 is 15.7 Å². The summed E-state index contributed by atoms with van der Waals surface area (Å²) in [4.78, 5) is 12.5. The van der Waals surface area contributed by atoms with Crippen LogP contribution in [0.25, 0.3) is 0 Å². The van der Waals surface area contributed by atoms with Crippen molar-refractivity contribution in [1.29, 1.82) is 0 Å². The summed E-state index contributed by atoms with van der Waals surface area (Å²) in [7, 11) is 1.80. The van der Waals surface area contributed by atoms with Gasteiger partial charge in [-0.2, -0.15) is 0 Å². The Balaban J connectivity index is 2.74. The first-order valence-electron chi connectivity index (χ1n) is 5.32. The fraction of sp³-hybridized carbons (Fsp3) is 0.417. The Morgan fingerprint density at radius 1 is 1.44 bits per heavy atom. The standard InChI is InChI=1S/C12H18N2O2/c1-3-11(15)9-4-6-10(7-5-9)14(2)8-12(13)16/h4-7,11,15H,3,8H2,1-2H3,(H2,13,16)/t11-/m0/s1. The molecule has 0 aliphatic heterocycles. The Bertz CT molecular complexity index is 349. The molecular weight excluding hydrogens is 204 g/mol. The fourth-order valence-electron chi connectivity index (χ4n) is 1.51. The topological polar surface area (TPSA) is 66.6 Å². The van der Waals surface area contributed by atoms with Gasteiger partial charge in [-0.05, 0) is 24.1 Å². The zero-order chi connectivity index (χ0) is 12.1. The van der Waals surface area contributed by atoms with Gasteiger partial charge >= 0.3 is 0 Å². The average molecular weight is 222 g/mol. The van der Waals surface area contributed by atoms with E-state index in [9.17, 15) is 9.90 Å². The molecule has 0 unspecified atom stereocenters. The Morgan fingerprint density at radius 2 is 2.00 bits per heavy atom. The highest BCUT2D eigenvalue weighted by atomic mass is 16.3. The number of nitrogens with zero attached hydrogens (tertiary/aromatic N) is 1. The smallest absolute Gasteiger partial charge is 0.236 e. The number of aliphatic hydroxyl groups is 1. The van der Waals surface area contributed by atoms with Crippen molar-refractivity contribution in [2.24, 2.45) is 5.73 Å². The Labute approximate surface area is 95.7 Å². The molecule has 0 aliphatic carbocycles. The van der Waals surface area contributed by atoms with Gasteiger partial charge in [-0.25, -0.2) is 0 Å². The number of carbonyl (C=O) groups excluding carboxylic acids is 1. The lowest BCUT2D eigenvalue weighted by Crippen LogP contribution is -2.30. The van der Waals surface area contributed by atoms with Crippen molar-refractivity contribution >= 4 is 11.6 Å². The molecule has 16 heavy (non-hydrogen) atoms. The van der Waals surface area contributed by atoms with Gasteiger partial charge in [0.25, 0.3) is 0 Å². The first-order valence-corrected chi connectivity index (χ1v) is 5.32. The molecule has 88 valence electrons. The monoisotopic (exact) mass is 222 g/mol. The van der Waals surface area contributed by atoms with Crippen LogP contribution < -0.4 is 10.6 Å². The predicted octanol–water partition coefficient (Wildman–Crippen LogP) is 1.05. The quantitative estimate of drug-likeness (QED) is 0.782. The van der Waals surface area contributed by atoms with Crippen LogP contribution >= 0.6 is 0 Å². The molecule has 0 spiro atoms. The SMILES string of the molecule is CC[C@H](O)c1ccc(N(C)CC(N)=O)cc1. The van der Waals surface area contributed by atoms with Gasteiger partial charge in [0.1, 0.15) is 0 Å². The summed E-state index contributed by atoms with van der Waals surface area (Å²) in [5.74, 6) is -0.361. The van der Waals surface area contributed by atoms with Crippen LogP contribution in [-0.2, 0) is 4.79 Å². The lowest BCUT2D eigenvalue weighted by molar-refractivity contribution is -0.116. The average Bonchev–Trinajstić information content (AvgIpc) is 2.27. The molecule has 4 nitrogen and oxygen atoms in total. The molecule has 0 fully saturated rings. The number of anilines is 1. The van der Waals surface area contributed by atoms with Gasteiger partial charge in [0, 0.05) is 12.7 Å². The highest BCUT2D eigenvalue weighted by molar-refractivity contribution is 5.79. The second kappa shape index (κ2) is 5.51. The summed E-state index contributed by atoms with van der Waals surface area (Å²) in [6.45, 7) is 2.12. The highest BCUT2D eigenvalue weighted by Crippen LogP contribution is 2.20. The summed E-state index contributed by atoms with van der Waals surface area (Å²) < 4.78 is 0. The molecule has 0 heterocycles. The number of carbonyl (C=O) groups is 1. The molecule has 3 N–H and O–H groups in total. The van der Waals surface area contributed by atoms with Gasteiger partial charge in [0.05, 0.1) is 12.6 Å². The van der Waals surface area contributed by atoms with Crippen LogP contribution in [0.4, 0.5) is 5.69 Å². The summed E-state index contributed by atoms with van der Waals surface area (Å²) in [6.07, 6.45) is 0.270. The maximum atomic E-state index is 10.7. The van der Waals surface area contributed by atoms with Gasteiger partial charge in [-0.3, -0.25) is 4.79 Å². The molecule has 0 radical (unpaired) electrons. The number of benzene rings is 1. The number of hydrogen-bond acceptors (Lipinski definition) is 3. The van der Waals surface area contributed by atoms with E-state index in [-0.39, 0.29) is 12.5 Å². The van der Waals surface area contributed by atoms with E-state index in [2.05, 4.69) is 0 Å². The minimum Gasteiger partial charge on any atom is -0.388 e. The second-order valence-electron chi connectivity index (χ2n) is 3.84. The Hall–Kier alpha value is -1.55. The maximum absolute atomic E-state index is 10.7. The Morgan fingerprint density at radius 3 is 2.44 bits per heavy atom. The second-order valence-corrected chi connectivity index (χ2v) is 3.84. The third-order valence-electron chi connectivity index (χ3n) is 2.50. The van der Waals surface area contributed by atoms with Crippen molar-refractivity contribution in [2.45, 2.75) is 19.4 Å². The summed E-state index contributed by atoms with van der Waals surface area (Å²) in [6, 6.07) is 7.47. The van der Waals surface area contributed by atoms with Gasteiger partial charge in [-0.15, -0.1) is 0 Å². The molecule has 0 aromatic heterocycles. The molecule has 1 atom stereocenters. The highest BCUT2D eigenvalue weighted by Gasteiger charge is 2.07. The molecule has 1 aromatic rings. The molecule has 4 heteroatoms. The normalized spacial score (nSPS) is 12.2. The van der Waals surface area contributed by atoms with Crippen molar-refractivity contribution in [3.8, 4) is 0 Å². The van der Waals surface area contributed by atoms with E-state index >= 15 is 0 Å². The van der Waals surface area contributed by atoms with Crippen molar-refractivity contribution in [3.05, 3.63) is 29.8 Å². The number of amides is 1. The summed E-state index contributed by atoms with van der Waals surface area (Å²) in [5, 5.41) is 9.62. The van der Waals surface area contributed by atoms with E-state index in [1.807, 2.05) is 31.2 Å². The first-order chi connectivity index (χ1) is 7.54. The van der Waals surface area contributed by atoms with Crippen LogP contribution in [0.5, 0.6) is 0 Å². The van der Waals surface area contributed by atoms with Gasteiger partial charge in [-0.1, -0.05) is 19.1 Å². The third-order valence-corrected chi connectivity index (χ3v) is 2.50.